The van der Waals surface area contributed by atoms with Crippen molar-refractivity contribution in [2.45, 2.75) is 25.8 Å². The molecule has 0 saturated carbocycles. The first-order chi connectivity index (χ1) is 9.31. The van der Waals surface area contributed by atoms with Crippen molar-refractivity contribution >= 4 is 5.91 Å². The van der Waals surface area contributed by atoms with Crippen molar-refractivity contribution in [3.63, 3.8) is 0 Å². The van der Waals surface area contributed by atoms with Crippen molar-refractivity contribution < 1.29 is 9.21 Å². The molecule has 5 nitrogen and oxygen atoms in total. The fourth-order valence-electron chi connectivity index (χ4n) is 2.08. The molecule has 1 saturated heterocycles. The number of nitrogens with one attached hydrogen (secondary N) is 1. The fraction of sp³-hybridized carbons (Fsp3) is 0.429. The highest BCUT2D eigenvalue weighted by Gasteiger charge is 2.19. The van der Waals surface area contributed by atoms with Gasteiger partial charge in [-0.3, -0.25) is 4.79 Å². The number of carbonyl (C=O) groups is 1. The van der Waals surface area contributed by atoms with Crippen LogP contribution in [0, 0.1) is 11.3 Å². The van der Waals surface area contributed by atoms with Crippen LogP contribution in [0.1, 0.15) is 25.0 Å². The summed E-state index contributed by atoms with van der Waals surface area (Å²) in [7, 11) is 0. The average molecular weight is 259 g/mol. The zero-order chi connectivity index (χ0) is 13.5. The quantitative estimate of drug-likeness (QED) is 0.661. The van der Waals surface area contributed by atoms with E-state index in [-0.39, 0.29) is 11.5 Å². The van der Waals surface area contributed by atoms with Crippen LogP contribution in [0.15, 0.2) is 34.6 Å². The van der Waals surface area contributed by atoms with Gasteiger partial charge in [-0.2, -0.15) is 5.26 Å². The summed E-state index contributed by atoms with van der Waals surface area (Å²) in [5.74, 6) is 0.577. The van der Waals surface area contributed by atoms with Crippen LogP contribution in [0.4, 0.5) is 0 Å². The van der Waals surface area contributed by atoms with Crippen molar-refractivity contribution in [2.24, 2.45) is 0 Å². The van der Waals surface area contributed by atoms with Crippen LogP contribution >= 0.6 is 0 Å². The standard InChI is InChI=1S/C14H17N3O2/c15-9-12(10-16-11-13-5-4-8-19-13)14(18)17-6-2-1-3-7-17/h4-5,8,10,16H,1-3,6-7,11H2/b12-10-. The van der Waals surface area contributed by atoms with E-state index in [1.807, 2.05) is 12.1 Å². The summed E-state index contributed by atoms with van der Waals surface area (Å²) in [6.45, 7) is 1.96. The second-order valence-electron chi connectivity index (χ2n) is 4.48. The summed E-state index contributed by atoms with van der Waals surface area (Å²) in [5, 5.41) is 12.0. The average Bonchev–Trinajstić information content (AvgIpc) is 2.97. The highest BCUT2D eigenvalue weighted by molar-refractivity contribution is 5.97. The molecule has 2 heterocycles. The lowest BCUT2D eigenvalue weighted by Crippen LogP contribution is -2.36. The molecule has 1 amide bonds. The van der Waals surface area contributed by atoms with Crippen LogP contribution in [0.5, 0.6) is 0 Å². The van der Waals surface area contributed by atoms with Crippen LogP contribution in [0.2, 0.25) is 0 Å². The number of piperidine rings is 1. The van der Waals surface area contributed by atoms with Gasteiger partial charge in [-0.1, -0.05) is 0 Å². The third-order valence-corrected chi connectivity index (χ3v) is 3.10. The lowest BCUT2D eigenvalue weighted by molar-refractivity contribution is -0.127. The third-order valence-electron chi connectivity index (χ3n) is 3.10. The van der Waals surface area contributed by atoms with E-state index >= 15 is 0 Å². The number of rotatable bonds is 4. The molecule has 0 spiro atoms. The summed E-state index contributed by atoms with van der Waals surface area (Å²) < 4.78 is 5.16. The first-order valence-electron chi connectivity index (χ1n) is 6.46. The molecule has 1 aliphatic heterocycles. The largest absolute Gasteiger partial charge is 0.467 e. The molecular weight excluding hydrogens is 242 g/mol. The Balaban J connectivity index is 1.91. The van der Waals surface area contributed by atoms with E-state index in [9.17, 15) is 4.79 Å². The van der Waals surface area contributed by atoms with Gasteiger partial charge in [-0.15, -0.1) is 0 Å². The van der Waals surface area contributed by atoms with Crippen LogP contribution in [-0.2, 0) is 11.3 Å². The highest BCUT2D eigenvalue weighted by atomic mass is 16.3. The monoisotopic (exact) mass is 259 g/mol. The minimum atomic E-state index is -0.186. The molecule has 0 radical (unpaired) electrons. The molecule has 0 atom stereocenters. The van der Waals surface area contributed by atoms with E-state index < -0.39 is 0 Å². The second-order valence-corrected chi connectivity index (χ2v) is 4.48. The number of carbonyl (C=O) groups excluding carboxylic acids is 1. The highest BCUT2D eigenvalue weighted by Crippen LogP contribution is 2.11. The van der Waals surface area contributed by atoms with E-state index in [2.05, 4.69) is 5.32 Å². The molecule has 2 rings (SSSR count). The van der Waals surface area contributed by atoms with Crippen LogP contribution in [0.25, 0.3) is 0 Å². The first kappa shape index (κ1) is 13.2. The van der Waals surface area contributed by atoms with Crippen molar-refractivity contribution in [3.8, 4) is 6.07 Å². The van der Waals surface area contributed by atoms with Crippen molar-refractivity contribution in [3.05, 3.63) is 35.9 Å². The molecule has 0 bridgehead atoms. The first-order valence-corrected chi connectivity index (χ1v) is 6.46. The number of hydrogen-bond donors (Lipinski definition) is 1. The predicted octanol–water partition coefficient (Wildman–Crippen LogP) is 1.79. The van der Waals surface area contributed by atoms with Crippen molar-refractivity contribution in [1.82, 2.24) is 10.2 Å². The maximum absolute atomic E-state index is 12.1. The van der Waals surface area contributed by atoms with E-state index in [0.29, 0.717) is 6.54 Å². The summed E-state index contributed by atoms with van der Waals surface area (Å²) in [6, 6.07) is 5.59. The zero-order valence-electron chi connectivity index (χ0n) is 10.8. The summed E-state index contributed by atoms with van der Waals surface area (Å²) >= 11 is 0. The number of amides is 1. The topological polar surface area (TPSA) is 69.3 Å². The molecule has 100 valence electrons. The smallest absolute Gasteiger partial charge is 0.265 e. The number of furan rings is 1. The minimum absolute atomic E-state index is 0.147. The Labute approximate surface area is 112 Å². The van der Waals surface area contributed by atoms with E-state index in [0.717, 1.165) is 38.1 Å². The number of likely N-dealkylation sites (tertiary alicyclic amines) is 1. The molecule has 1 aromatic rings. The Morgan fingerprint density at radius 1 is 1.47 bits per heavy atom. The Hall–Kier alpha value is -2.22. The van der Waals surface area contributed by atoms with Gasteiger partial charge < -0.3 is 14.6 Å². The van der Waals surface area contributed by atoms with Crippen LogP contribution < -0.4 is 5.32 Å². The number of nitriles is 1. The summed E-state index contributed by atoms with van der Waals surface area (Å²) in [5.41, 5.74) is 0.147. The molecule has 19 heavy (non-hydrogen) atoms. The Bertz CT molecular complexity index is 479. The molecule has 1 fully saturated rings. The molecule has 1 aromatic heterocycles. The van der Waals surface area contributed by atoms with Crippen molar-refractivity contribution in [2.75, 3.05) is 13.1 Å². The van der Waals surface area contributed by atoms with Gasteiger partial charge in [0, 0.05) is 19.3 Å². The second kappa shape index (κ2) is 6.64. The van der Waals surface area contributed by atoms with Gasteiger partial charge in [0.15, 0.2) is 0 Å². The van der Waals surface area contributed by atoms with Gasteiger partial charge in [-0.05, 0) is 31.4 Å². The third kappa shape index (κ3) is 3.62. The molecule has 1 aliphatic rings. The van der Waals surface area contributed by atoms with Gasteiger partial charge >= 0.3 is 0 Å². The summed E-state index contributed by atoms with van der Waals surface area (Å²) in [4.78, 5) is 13.8. The van der Waals surface area contributed by atoms with E-state index in [1.54, 1.807) is 17.2 Å². The zero-order valence-corrected chi connectivity index (χ0v) is 10.8. The van der Waals surface area contributed by atoms with Gasteiger partial charge in [0.2, 0.25) is 0 Å². The normalized spacial score (nSPS) is 15.9. The molecule has 0 aliphatic carbocycles. The van der Waals surface area contributed by atoms with E-state index in [4.69, 9.17) is 9.68 Å². The molecule has 0 unspecified atom stereocenters. The maximum atomic E-state index is 12.1. The van der Waals surface area contributed by atoms with Gasteiger partial charge in [0.05, 0.1) is 12.8 Å². The number of nitrogens with zero attached hydrogens (tertiary/aromatic N) is 2. The Morgan fingerprint density at radius 3 is 2.89 bits per heavy atom. The maximum Gasteiger partial charge on any atom is 0.265 e. The number of hydrogen-bond acceptors (Lipinski definition) is 4. The molecule has 0 aromatic carbocycles. The van der Waals surface area contributed by atoms with Crippen LogP contribution in [0.3, 0.4) is 0 Å². The summed E-state index contributed by atoms with van der Waals surface area (Å²) in [6.07, 6.45) is 6.25. The fourth-order valence-corrected chi connectivity index (χ4v) is 2.08. The molecule has 5 heteroatoms. The Kier molecular flexibility index (Phi) is 4.62. The minimum Gasteiger partial charge on any atom is -0.467 e. The van der Waals surface area contributed by atoms with E-state index in [1.165, 1.54) is 6.20 Å². The van der Waals surface area contributed by atoms with Crippen LogP contribution in [-0.4, -0.2) is 23.9 Å². The predicted molar refractivity (Wildman–Crippen MR) is 69.7 cm³/mol. The van der Waals surface area contributed by atoms with Gasteiger partial charge in [0.25, 0.3) is 5.91 Å². The SMILES string of the molecule is N#C/C(=C/NCc1ccco1)C(=O)N1CCCCC1. The molecule has 1 N–H and O–H groups in total. The van der Waals surface area contributed by atoms with Gasteiger partial charge in [0.1, 0.15) is 17.4 Å². The Morgan fingerprint density at radius 2 is 2.26 bits per heavy atom. The van der Waals surface area contributed by atoms with Gasteiger partial charge in [-0.25, -0.2) is 0 Å². The molecular formula is C14H17N3O2. The lowest BCUT2D eigenvalue weighted by atomic mass is 10.1. The lowest BCUT2D eigenvalue weighted by Gasteiger charge is -2.26. The van der Waals surface area contributed by atoms with Crippen molar-refractivity contribution in [1.29, 1.82) is 5.26 Å².